The van der Waals surface area contributed by atoms with Crippen LogP contribution in [0.5, 0.6) is 0 Å². The maximum absolute atomic E-state index is 12.8. The van der Waals surface area contributed by atoms with Gasteiger partial charge in [0.15, 0.2) is 6.10 Å². The minimum atomic E-state index is -4.63. The first-order valence-electron chi connectivity index (χ1n) is 32.2. The van der Waals surface area contributed by atoms with Crippen molar-refractivity contribution >= 4 is 19.8 Å². The summed E-state index contributed by atoms with van der Waals surface area (Å²) in [7, 11) is 1.19. The van der Waals surface area contributed by atoms with Crippen LogP contribution >= 0.6 is 7.82 Å². The second-order valence-electron chi connectivity index (χ2n) is 23.5. The summed E-state index contributed by atoms with van der Waals surface area (Å²) >= 11 is 0. The molecular weight excluding hydrogens is 930 g/mol. The third-order valence-electron chi connectivity index (χ3n) is 14.9. The lowest BCUT2D eigenvalue weighted by Crippen LogP contribution is -2.37. The number of carbonyl (C=O) groups is 2. The molecule has 436 valence electrons. The Kier molecular flexibility index (Phi) is 55.0. The molecule has 0 fully saturated rings. The highest BCUT2D eigenvalue weighted by Crippen LogP contribution is 2.38. The topological polar surface area (TPSA) is 111 Å². The number of rotatable bonds is 61. The van der Waals surface area contributed by atoms with Gasteiger partial charge in [0.2, 0.25) is 0 Å². The number of hydrogen-bond donors (Lipinski definition) is 0. The first-order chi connectivity index (χ1) is 35.5. The average Bonchev–Trinajstić information content (AvgIpc) is 3.35. The predicted molar refractivity (Wildman–Crippen MR) is 310 cm³/mol. The van der Waals surface area contributed by atoms with Crippen LogP contribution in [0.1, 0.15) is 341 Å². The number of nitrogens with zero attached hydrogens (tertiary/aromatic N) is 1. The fourth-order valence-corrected chi connectivity index (χ4v) is 10.6. The van der Waals surface area contributed by atoms with Crippen LogP contribution < -0.4 is 4.89 Å². The molecule has 2 unspecified atom stereocenters. The van der Waals surface area contributed by atoms with E-state index in [1.165, 1.54) is 276 Å². The minimum Gasteiger partial charge on any atom is -0.756 e. The fraction of sp³-hybridized carbons (Fsp3) is 0.968. The third kappa shape index (κ3) is 60.1. The van der Waals surface area contributed by atoms with Gasteiger partial charge in [0.05, 0.1) is 27.7 Å². The van der Waals surface area contributed by atoms with E-state index >= 15 is 0 Å². The summed E-state index contributed by atoms with van der Waals surface area (Å²) in [6, 6.07) is 0. The van der Waals surface area contributed by atoms with Crippen LogP contribution in [0.3, 0.4) is 0 Å². The number of ether oxygens (including phenoxy) is 2. The highest BCUT2D eigenvalue weighted by atomic mass is 31.2. The van der Waals surface area contributed by atoms with Crippen LogP contribution in [-0.4, -0.2) is 70.0 Å². The normalized spacial score (nSPS) is 13.1. The molecule has 0 aliphatic heterocycles. The van der Waals surface area contributed by atoms with Gasteiger partial charge >= 0.3 is 11.9 Å². The van der Waals surface area contributed by atoms with Gasteiger partial charge in [-0.3, -0.25) is 14.2 Å². The molecule has 0 saturated carbocycles. The van der Waals surface area contributed by atoms with Crippen molar-refractivity contribution in [3.8, 4) is 0 Å². The van der Waals surface area contributed by atoms with Gasteiger partial charge in [0.25, 0.3) is 7.82 Å². The minimum absolute atomic E-state index is 0.0252. The molecule has 0 radical (unpaired) electrons. The van der Waals surface area contributed by atoms with Crippen LogP contribution in [0, 0.1) is 0 Å². The van der Waals surface area contributed by atoms with Crippen molar-refractivity contribution in [2.24, 2.45) is 0 Å². The molecule has 2 atom stereocenters. The van der Waals surface area contributed by atoms with Crippen molar-refractivity contribution < 1.29 is 42.1 Å². The maximum Gasteiger partial charge on any atom is 0.306 e. The smallest absolute Gasteiger partial charge is 0.306 e. The summed E-state index contributed by atoms with van der Waals surface area (Å²) in [6.45, 7) is 4.30. The lowest BCUT2D eigenvalue weighted by Gasteiger charge is -2.28. The lowest BCUT2D eigenvalue weighted by atomic mass is 10.0. The summed E-state index contributed by atoms with van der Waals surface area (Å²) in [5.41, 5.74) is 0. The molecule has 0 saturated heterocycles. The van der Waals surface area contributed by atoms with Crippen molar-refractivity contribution in [1.29, 1.82) is 0 Å². The molecule has 0 aliphatic carbocycles. The molecule has 0 N–H and O–H groups in total. The Balaban J connectivity index is 3.86. The van der Waals surface area contributed by atoms with E-state index in [-0.39, 0.29) is 32.0 Å². The second kappa shape index (κ2) is 55.8. The number of unbranched alkanes of at least 4 members (excludes halogenated alkanes) is 47. The lowest BCUT2D eigenvalue weighted by molar-refractivity contribution is -0.870. The molecule has 0 amide bonds. The van der Waals surface area contributed by atoms with Gasteiger partial charge < -0.3 is 27.9 Å². The summed E-state index contributed by atoms with van der Waals surface area (Å²) < 4.78 is 34.2. The molecular formula is C63H126NO8P. The highest BCUT2D eigenvalue weighted by molar-refractivity contribution is 7.45. The molecule has 0 bridgehead atoms. The van der Waals surface area contributed by atoms with Gasteiger partial charge in [-0.2, -0.15) is 0 Å². The molecule has 0 heterocycles. The first-order valence-corrected chi connectivity index (χ1v) is 33.7. The van der Waals surface area contributed by atoms with Gasteiger partial charge in [-0.1, -0.05) is 316 Å². The van der Waals surface area contributed by atoms with E-state index in [1.54, 1.807) is 0 Å². The van der Waals surface area contributed by atoms with Gasteiger partial charge in [-0.05, 0) is 12.8 Å². The van der Waals surface area contributed by atoms with Crippen LogP contribution in [0.25, 0.3) is 0 Å². The van der Waals surface area contributed by atoms with Crippen molar-refractivity contribution in [2.75, 3.05) is 47.5 Å². The fourth-order valence-electron chi connectivity index (χ4n) is 9.90. The Labute approximate surface area is 454 Å². The van der Waals surface area contributed by atoms with E-state index in [4.69, 9.17) is 18.5 Å². The SMILES string of the molecule is CCCCCCCCCCCCCCCCCCCCCCCCCCCCCCCCCCCCCCC(=O)OC(COC(=O)CCCCCCCCCCCCCCC)COP(=O)([O-])OCC[N+](C)(C)C. The number of hydrogen-bond acceptors (Lipinski definition) is 8. The van der Waals surface area contributed by atoms with Crippen LogP contribution in [-0.2, 0) is 32.7 Å². The quantitative estimate of drug-likeness (QED) is 0.0256. The number of likely N-dealkylation sites (N-methyl/N-ethyl adjacent to an activating group) is 1. The Bertz CT molecular complexity index is 1200. The van der Waals surface area contributed by atoms with Gasteiger partial charge in [0.1, 0.15) is 19.8 Å². The average molecular weight is 1060 g/mol. The molecule has 0 rings (SSSR count). The second-order valence-corrected chi connectivity index (χ2v) is 24.9. The Morgan fingerprint density at radius 1 is 0.370 bits per heavy atom. The van der Waals surface area contributed by atoms with Crippen LogP contribution in [0.15, 0.2) is 0 Å². The van der Waals surface area contributed by atoms with Crippen molar-refractivity contribution in [2.45, 2.75) is 347 Å². The standard InChI is InChI=1S/C63H126NO8P/c1-6-8-10-12-14-16-18-20-21-22-23-24-25-26-27-28-29-30-31-32-33-34-35-36-37-38-39-40-41-42-44-46-48-50-52-54-56-63(66)72-61(60-71-73(67,68)70-58-57-64(3,4)5)59-69-62(65)55-53-51-49-47-45-43-19-17-15-13-11-9-7-2/h61H,6-60H2,1-5H3. The number of carbonyl (C=O) groups excluding carboxylic acids is 2. The number of phosphoric acid groups is 1. The molecule has 10 heteroatoms. The molecule has 0 aromatic carbocycles. The summed E-state index contributed by atoms with van der Waals surface area (Å²) in [5.74, 6) is -0.811. The number of phosphoric ester groups is 1. The number of quaternary nitrogens is 1. The predicted octanol–water partition coefficient (Wildman–Crippen LogP) is 19.6. The zero-order chi connectivity index (χ0) is 53.5. The summed E-state index contributed by atoms with van der Waals surface area (Å²) in [6.07, 6.45) is 64.8. The van der Waals surface area contributed by atoms with Gasteiger partial charge in [-0.25, -0.2) is 0 Å². The zero-order valence-corrected chi connectivity index (χ0v) is 50.5. The Morgan fingerprint density at radius 2 is 0.616 bits per heavy atom. The molecule has 73 heavy (non-hydrogen) atoms. The van der Waals surface area contributed by atoms with E-state index in [9.17, 15) is 19.0 Å². The van der Waals surface area contributed by atoms with Crippen molar-refractivity contribution in [1.82, 2.24) is 0 Å². The first kappa shape index (κ1) is 72.0. The van der Waals surface area contributed by atoms with Crippen LogP contribution in [0.4, 0.5) is 0 Å². The Hall–Kier alpha value is -0.990. The van der Waals surface area contributed by atoms with E-state index in [2.05, 4.69) is 13.8 Å². The summed E-state index contributed by atoms with van der Waals surface area (Å²) in [4.78, 5) is 37.8. The molecule has 9 nitrogen and oxygen atoms in total. The molecule has 0 aromatic heterocycles. The van der Waals surface area contributed by atoms with E-state index in [0.29, 0.717) is 17.4 Å². The van der Waals surface area contributed by atoms with E-state index < -0.39 is 26.5 Å². The summed E-state index contributed by atoms with van der Waals surface area (Å²) in [5, 5.41) is 0. The van der Waals surface area contributed by atoms with Crippen molar-refractivity contribution in [3.05, 3.63) is 0 Å². The third-order valence-corrected chi connectivity index (χ3v) is 15.8. The molecule has 0 aromatic rings. The number of esters is 2. The van der Waals surface area contributed by atoms with Crippen LogP contribution in [0.2, 0.25) is 0 Å². The van der Waals surface area contributed by atoms with Gasteiger partial charge in [-0.15, -0.1) is 0 Å². The highest BCUT2D eigenvalue weighted by Gasteiger charge is 2.22. The molecule has 0 aliphatic rings. The van der Waals surface area contributed by atoms with Crippen molar-refractivity contribution in [3.63, 3.8) is 0 Å². The monoisotopic (exact) mass is 1060 g/mol. The Morgan fingerprint density at radius 3 is 0.877 bits per heavy atom. The van der Waals surface area contributed by atoms with E-state index in [0.717, 1.165) is 32.1 Å². The maximum atomic E-state index is 12.8. The largest absolute Gasteiger partial charge is 0.756 e. The zero-order valence-electron chi connectivity index (χ0n) is 49.6. The molecule has 0 spiro atoms. The van der Waals surface area contributed by atoms with Gasteiger partial charge in [0, 0.05) is 12.8 Å². The van der Waals surface area contributed by atoms with E-state index in [1.807, 2.05) is 21.1 Å².